The van der Waals surface area contributed by atoms with Crippen molar-refractivity contribution in [2.75, 3.05) is 0 Å². The third-order valence-electron chi connectivity index (χ3n) is 4.13. The number of benzene rings is 1. The van der Waals surface area contributed by atoms with E-state index in [1.807, 2.05) is 0 Å². The van der Waals surface area contributed by atoms with Gasteiger partial charge in [0.25, 0.3) is 0 Å². The molecule has 2 nitrogen and oxygen atoms in total. The molecular weight excluding hydrogens is 234 g/mol. The van der Waals surface area contributed by atoms with Crippen LogP contribution < -0.4 is 11.3 Å². The van der Waals surface area contributed by atoms with Crippen LogP contribution in [0.4, 0.5) is 8.78 Å². The highest BCUT2D eigenvalue weighted by Crippen LogP contribution is 2.34. The molecule has 1 aliphatic carbocycles. The Hall–Kier alpha value is -1.00. The minimum atomic E-state index is -0.789. The van der Waals surface area contributed by atoms with Gasteiger partial charge >= 0.3 is 0 Å². The van der Waals surface area contributed by atoms with E-state index in [4.69, 9.17) is 5.84 Å². The molecule has 2 rings (SSSR count). The van der Waals surface area contributed by atoms with Gasteiger partial charge in [-0.2, -0.15) is 0 Å². The van der Waals surface area contributed by atoms with E-state index >= 15 is 0 Å². The summed E-state index contributed by atoms with van der Waals surface area (Å²) in [6.45, 7) is 2.20. The predicted octanol–water partition coefficient (Wildman–Crippen LogP) is 2.78. The van der Waals surface area contributed by atoms with Gasteiger partial charge in [0.1, 0.15) is 0 Å². The molecule has 1 aliphatic rings. The molecule has 1 saturated carbocycles. The van der Waals surface area contributed by atoms with E-state index in [1.165, 1.54) is 12.8 Å². The number of hydrazine groups is 1. The van der Waals surface area contributed by atoms with Crippen LogP contribution in [0.15, 0.2) is 18.2 Å². The summed E-state index contributed by atoms with van der Waals surface area (Å²) >= 11 is 0. The molecule has 0 radical (unpaired) electrons. The summed E-state index contributed by atoms with van der Waals surface area (Å²) in [6, 6.07) is 4.32. The Morgan fingerprint density at radius 2 is 2.17 bits per heavy atom. The molecule has 18 heavy (non-hydrogen) atoms. The lowest BCUT2D eigenvalue weighted by atomic mass is 9.87. The fourth-order valence-electron chi connectivity index (χ4n) is 3.05. The molecule has 1 aromatic rings. The minimum absolute atomic E-state index is 0.0128. The zero-order valence-corrected chi connectivity index (χ0v) is 10.6. The summed E-state index contributed by atoms with van der Waals surface area (Å²) in [7, 11) is 0. The van der Waals surface area contributed by atoms with E-state index in [9.17, 15) is 8.78 Å². The number of hydrogen-bond donors (Lipinski definition) is 2. The SMILES string of the molecule is CC1CCCC1C(Cc1cccc(F)c1F)NN. The Morgan fingerprint density at radius 1 is 1.39 bits per heavy atom. The first-order valence-corrected chi connectivity index (χ1v) is 6.52. The van der Waals surface area contributed by atoms with Crippen molar-refractivity contribution in [3.8, 4) is 0 Å². The Balaban J connectivity index is 2.12. The maximum atomic E-state index is 13.6. The summed E-state index contributed by atoms with van der Waals surface area (Å²) in [6.07, 6.45) is 3.92. The van der Waals surface area contributed by atoms with Gasteiger partial charge in [0.05, 0.1) is 0 Å². The zero-order chi connectivity index (χ0) is 13.1. The Bertz CT molecular complexity index is 409. The second-order valence-electron chi connectivity index (χ2n) is 5.26. The first-order chi connectivity index (χ1) is 8.63. The lowest BCUT2D eigenvalue weighted by Gasteiger charge is -2.26. The van der Waals surface area contributed by atoms with Gasteiger partial charge in [0.15, 0.2) is 11.6 Å². The molecule has 1 fully saturated rings. The van der Waals surface area contributed by atoms with E-state index in [1.54, 1.807) is 12.1 Å². The average molecular weight is 254 g/mol. The maximum absolute atomic E-state index is 13.6. The number of hydrogen-bond acceptors (Lipinski definition) is 2. The predicted molar refractivity (Wildman–Crippen MR) is 67.7 cm³/mol. The van der Waals surface area contributed by atoms with E-state index in [-0.39, 0.29) is 6.04 Å². The minimum Gasteiger partial charge on any atom is -0.271 e. The summed E-state index contributed by atoms with van der Waals surface area (Å²) in [5.74, 6) is 5.08. The summed E-state index contributed by atoms with van der Waals surface area (Å²) in [5.41, 5.74) is 3.18. The van der Waals surface area contributed by atoms with Crippen molar-refractivity contribution in [3.05, 3.63) is 35.4 Å². The molecule has 0 amide bonds. The van der Waals surface area contributed by atoms with Crippen molar-refractivity contribution in [3.63, 3.8) is 0 Å². The fourth-order valence-corrected chi connectivity index (χ4v) is 3.05. The summed E-state index contributed by atoms with van der Waals surface area (Å²) in [5, 5.41) is 0. The van der Waals surface area contributed by atoms with Crippen molar-refractivity contribution in [2.24, 2.45) is 17.7 Å². The standard InChI is InChI=1S/C14H20F2N2/c1-9-4-2-6-11(9)13(18-17)8-10-5-3-7-12(15)14(10)16/h3,5,7,9,11,13,18H,2,4,6,8,17H2,1H3. The highest BCUT2D eigenvalue weighted by atomic mass is 19.2. The molecule has 3 atom stereocenters. The molecule has 1 aromatic carbocycles. The van der Waals surface area contributed by atoms with Crippen molar-refractivity contribution >= 4 is 0 Å². The lowest BCUT2D eigenvalue weighted by molar-refractivity contribution is 0.295. The Kier molecular flexibility index (Phi) is 4.30. The molecule has 0 bridgehead atoms. The van der Waals surface area contributed by atoms with Crippen LogP contribution in [0.25, 0.3) is 0 Å². The van der Waals surface area contributed by atoms with Crippen LogP contribution in [0.5, 0.6) is 0 Å². The molecule has 0 aromatic heterocycles. The first-order valence-electron chi connectivity index (χ1n) is 6.52. The largest absolute Gasteiger partial charge is 0.271 e. The van der Waals surface area contributed by atoms with Gasteiger partial charge in [0.2, 0.25) is 0 Å². The van der Waals surface area contributed by atoms with E-state index in [0.29, 0.717) is 23.8 Å². The molecule has 0 saturated heterocycles. The van der Waals surface area contributed by atoms with Gasteiger partial charge in [-0.15, -0.1) is 0 Å². The topological polar surface area (TPSA) is 38.0 Å². The third kappa shape index (κ3) is 2.70. The van der Waals surface area contributed by atoms with Gasteiger partial charge in [-0.3, -0.25) is 11.3 Å². The van der Waals surface area contributed by atoms with Crippen molar-refractivity contribution in [1.82, 2.24) is 5.43 Å². The third-order valence-corrected chi connectivity index (χ3v) is 4.13. The summed E-state index contributed by atoms with van der Waals surface area (Å²) < 4.78 is 26.8. The molecule has 0 spiro atoms. The van der Waals surface area contributed by atoms with Crippen molar-refractivity contribution < 1.29 is 8.78 Å². The molecule has 4 heteroatoms. The van der Waals surface area contributed by atoms with Crippen LogP contribution in [0, 0.1) is 23.5 Å². The molecule has 3 N–H and O–H groups in total. The molecule has 0 heterocycles. The van der Waals surface area contributed by atoms with Crippen LogP contribution in [-0.2, 0) is 6.42 Å². The van der Waals surface area contributed by atoms with Gasteiger partial charge < -0.3 is 0 Å². The zero-order valence-electron chi connectivity index (χ0n) is 10.6. The number of nitrogens with two attached hydrogens (primary N) is 1. The second kappa shape index (κ2) is 5.76. The fraction of sp³-hybridized carbons (Fsp3) is 0.571. The normalized spacial score (nSPS) is 25.3. The molecule has 0 aliphatic heterocycles. The van der Waals surface area contributed by atoms with Crippen LogP contribution in [0.1, 0.15) is 31.7 Å². The maximum Gasteiger partial charge on any atom is 0.162 e. The Labute approximate surface area is 107 Å². The van der Waals surface area contributed by atoms with E-state index in [0.717, 1.165) is 12.5 Å². The highest BCUT2D eigenvalue weighted by molar-refractivity contribution is 5.20. The molecule has 100 valence electrons. The van der Waals surface area contributed by atoms with Crippen LogP contribution in [0.3, 0.4) is 0 Å². The monoisotopic (exact) mass is 254 g/mol. The van der Waals surface area contributed by atoms with Crippen molar-refractivity contribution in [1.29, 1.82) is 0 Å². The highest BCUT2D eigenvalue weighted by Gasteiger charge is 2.30. The van der Waals surface area contributed by atoms with E-state index < -0.39 is 11.6 Å². The van der Waals surface area contributed by atoms with Gasteiger partial charge in [-0.05, 0) is 36.3 Å². The number of halogens is 2. The average Bonchev–Trinajstić information content (AvgIpc) is 2.77. The van der Waals surface area contributed by atoms with Gasteiger partial charge in [-0.1, -0.05) is 31.9 Å². The lowest BCUT2D eigenvalue weighted by Crippen LogP contribution is -2.43. The van der Waals surface area contributed by atoms with Crippen LogP contribution in [0.2, 0.25) is 0 Å². The smallest absolute Gasteiger partial charge is 0.162 e. The van der Waals surface area contributed by atoms with Crippen LogP contribution >= 0.6 is 0 Å². The van der Waals surface area contributed by atoms with Crippen molar-refractivity contribution in [2.45, 2.75) is 38.6 Å². The summed E-state index contributed by atoms with van der Waals surface area (Å²) in [4.78, 5) is 0. The number of rotatable bonds is 4. The Morgan fingerprint density at radius 3 is 2.78 bits per heavy atom. The number of nitrogens with one attached hydrogen (secondary N) is 1. The van der Waals surface area contributed by atoms with Gasteiger partial charge in [0, 0.05) is 6.04 Å². The quantitative estimate of drug-likeness (QED) is 0.640. The molecular formula is C14H20F2N2. The molecule has 3 unspecified atom stereocenters. The van der Waals surface area contributed by atoms with Gasteiger partial charge in [-0.25, -0.2) is 8.78 Å². The second-order valence-corrected chi connectivity index (χ2v) is 5.26. The van der Waals surface area contributed by atoms with Crippen LogP contribution in [-0.4, -0.2) is 6.04 Å². The first kappa shape index (κ1) is 13.4. The van der Waals surface area contributed by atoms with E-state index in [2.05, 4.69) is 12.3 Å².